The van der Waals surface area contributed by atoms with Crippen molar-refractivity contribution in [1.29, 1.82) is 0 Å². The third kappa shape index (κ3) is 5.52. The van der Waals surface area contributed by atoms with Crippen molar-refractivity contribution in [3.8, 4) is 0 Å². The quantitative estimate of drug-likeness (QED) is 0.547. The Morgan fingerprint density at radius 1 is 0.931 bits per heavy atom. The maximum Gasteiger partial charge on any atom is 0.226 e. The molecule has 5 aliphatic rings. The Balaban J connectivity index is 1.04. The maximum absolute atomic E-state index is 12.9. The van der Waals surface area contributed by atoms with Crippen molar-refractivity contribution in [2.45, 2.75) is 64.2 Å². The summed E-state index contributed by atoms with van der Waals surface area (Å²) in [4.78, 5) is 24.9. The second-order valence-electron chi connectivity index (χ2n) is 10.0. The van der Waals surface area contributed by atoms with Crippen LogP contribution in [0.4, 0.5) is 0 Å². The minimum atomic E-state index is -0.118. The van der Waals surface area contributed by atoms with Crippen molar-refractivity contribution in [2.24, 2.45) is 29.1 Å². The number of rotatable bonds is 10. The van der Waals surface area contributed by atoms with E-state index in [9.17, 15) is 9.59 Å². The van der Waals surface area contributed by atoms with Gasteiger partial charge in [0.05, 0.1) is 0 Å². The molecular formula is C23H38N2O4. The molecule has 1 saturated heterocycles. The van der Waals surface area contributed by atoms with Crippen LogP contribution in [0, 0.1) is 29.1 Å². The summed E-state index contributed by atoms with van der Waals surface area (Å²) in [5.74, 6) is 3.15. The molecule has 4 bridgehead atoms. The third-order valence-corrected chi connectivity index (χ3v) is 7.64. The van der Waals surface area contributed by atoms with Gasteiger partial charge in [-0.2, -0.15) is 0 Å². The van der Waals surface area contributed by atoms with Gasteiger partial charge in [-0.25, -0.2) is 0 Å². The van der Waals surface area contributed by atoms with E-state index >= 15 is 0 Å². The fourth-order valence-corrected chi connectivity index (χ4v) is 6.52. The molecule has 6 heteroatoms. The van der Waals surface area contributed by atoms with Gasteiger partial charge in [-0.1, -0.05) is 0 Å². The number of carbonyl (C=O) groups excluding carboxylic acids is 2. The predicted octanol–water partition coefficient (Wildman–Crippen LogP) is 2.66. The van der Waals surface area contributed by atoms with Gasteiger partial charge in [0, 0.05) is 51.4 Å². The molecule has 29 heavy (non-hydrogen) atoms. The van der Waals surface area contributed by atoms with Crippen LogP contribution < -0.4 is 10.6 Å². The SMILES string of the molecule is O=C(CCNC(=O)C12CC3CC(CC(C3)C1)C2)NCCCOCC1CCOCC1. The Bertz CT molecular complexity index is 538. The summed E-state index contributed by atoms with van der Waals surface area (Å²) in [5, 5.41) is 6.02. The maximum atomic E-state index is 12.9. The van der Waals surface area contributed by atoms with Gasteiger partial charge in [-0.05, 0) is 81.5 Å². The van der Waals surface area contributed by atoms with Crippen molar-refractivity contribution in [3.63, 3.8) is 0 Å². The molecule has 4 saturated carbocycles. The highest BCUT2D eigenvalue weighted by atomic mass is 16.5. The summed E-state index contributed by atoms with van der Waals surface area (Å²) in [6.45, 7) is 4.27. The lowest BCUT2D eigenvalue weighted by Crippen LogP contribution is -2.53. The molecule has 0 aromatic carbocycles. The lowest BCUT2D eigenvalue weighted by atomic mass is 9.49. The van der Waals surface area contributed by atoms with Crippen LogP contribution in [-0.2, 0) is 19.1 Å². The molecule has 0 aromatic rings. The van der Waals surface area contributed by atoms with E-state index in [1.807, 2.05) is 0 Å². The van der Waals surface area contributed by atoms with E-state index < -0.39 is 0 Å². The zero-order chi connectivity index (χ0) is 20.1. The normalized spacial score (nSPS) is 33.6. The van der Waals surface area contributed by atoms with Crippen LogP contribution in [0.15, 0.2) is 0 Å². The Morgan fingerprint density at radius 2 is 1.59 bits per heavy atom. The number of hydrogen-bond acceptors (Lipinski definition) is 4. The van der Waals surface area contributed by atoms with Crippen LogP contribution >= 0.6 is 0 Å². The minimum Gasteiger partial charge on any atom is -0.381 e. The number of ether oxygens (including phenoxy) is 2. The van der Waals surface area contributed by atoms with Crippen LogP contribution in [0.3, 0.4) is 0 Å². The summed E-state index contributed by atoms with van der Waals surface area (Å²) in [6, 6.07) is 0. The van der Waals surface area contributed by atoms with Crippen molar-refractivity contribution in [2.75, 3.05) is 39.5 Å². The average molecular weight is 407 g/mol. The van der Waals surface area contributed by atoms with Crippen molar-refractivity contribution < 1.29 is 19.1 Å². The monoisotopic (exact) mass is 406 g/mol. The first kappa shape index (κ1) is 21.1. The van der Waals surface area contributed by atoms with E-state index in [4.69, 9.17) is 9.47 Å². The number of amides is 2. The van der Waals surface area contributed by atoms with E-state index in [1.165, 1.54) is 19.3 Å². The molecule has 164 valence electrons. The largest absolute Gasteiger partial charge is 0.381 e. The van der Waals surface area contributed by atoms with Crippen LogP contribution in [0.2, 0.25) is 0 Å². The van der Waals surface area contributed by atoms with Gasteiger partial charge in [-0.15, -0.1) is 0 Å². The highest BCUT2D eigenvalue weighted by molar-refractivity contribution is 5.84. The van der Waals surface area contributed by atoms with Crippen molar-refractivity contribution in [3.05, 3.63) is 0 Å². The second kappa shape index (κ2) is 9.78. The molecule has 4 aliphatic carbocycles. The Labute approximate surface area is 174 Å². The highest BCUT2D eigenvalue weighted by Crippen LogP contribution is 2.60. The fraction of sp³-hybridized carbons (Fsp3) is 0.913. The first-order valence-electron chi connectivity index (χ1n) is 11.8. The molecule has 1 aliphatic heterocycles. The molecule has 0 atom stereocenters. The fourth-order valence-electron chi connectivity index (χ4n) is 6.52. The molecule has 1 heterocycles. The second-order valence-corrected chi connectivity index (χ2v) is 10.0. The third-order valence-electron chi connectivity index (χ3n) is 7.64. The van der Waals surface area contributed by atoms with Gasteiger partial charge in [-0.3, -0.25) is 9.59 Å². The van der Waals surface area contributed by atoms with Gasteiger partial charge < -0.3 is 20.1 Å². The molecule has 2 N–H and O–H groups in total. The molecule has 2 amide bonds. The van der Waals surface area contributed by atoms with Gasteiger partial charge in [0.15, 0.2) is 0 Å². The first-order valence-corrected chi connectivity index (χ1v) is 11.8. The van der Waals surface area contributed by atoms with E-state index in [0.29, 0.717) is 32.0 Å². The molecule has 0 aromatic heterocycles. The summed E-state index contributed by atoms with van der Waals surface area (Å²) in [6.07, 6.45) is 10.6. The molecule has 0 spiro atoms. The number of carbonyl (C=O) groups is 2. The minimum absolute atomic E-state index is 0.0141. The van der Waals surface area contributed by atoms with Crippen molar-refractivity contribution >= 4 is 11.8 Å². The van der Waals surface area contributed by atoms with Crippen LogP contribution in [0.5, 0.6) is 0 Å². The Kier molecular flexibility index (Phi) is 7.12. The van der Waals surface area contributed by atoms with E-state index in [0.717, 1.165) is 76.1 Å². The predicted molar refractivity (Wildman–Crippen MR) is 110 cm³/mol. The van der Waals surface area contributed by atoms with E-state index in [1.54, 1.807) is 0 Å². The standard InChI is InChI=1S/C23H38N2O4/c26-21(24-5-1-7-29-16-17-3-8-28-9-4-17)2-6-25-22(27)23-13-18-10-19(14-23)12-20(11-18)15-23/h17-20H,1-16H2,(H,24,26)(H,25,27). The molecule has 0 radical (unpaired) electrons. The van der Waals surface area contributed by atoms with Crippen molar-refractivity contribution in [1.82, 2.24) is 10.6 Å². The Morgan fingerprint density at radius 3 is 2.24 bits per heavy atom. The van der Waals surface area contributed by atoms with Gasteiger partial charge in [0.1, 0.15) is 0 Å². The van der Waals surface area contributed by atoms with Gasteiger partial charge >= 0.3 is 0 Å². The van der Waals surface area contributed by atoms with Gasteiger partial charge in [0.2, 0.25) is 11.8 Å². The molecular weight excluding hydrogens is 368 g/mol. The highest BCUT2D eigenvalue weighted by Gasteiger charge is 2.54. The lowest BCUT2D eigenvalue weighted by molar-refractivity contribution is -0.146. The lowest BCUT2D eigenvalue weighted by Gasteiger charge is -2.55. The van der Waals surface area contributed by atoms with E-state index in [-0.39, 0.29) is 17.2 Å². The summed E-state index contributed by atoms with van der Waals surface area (Å²) in [5.41, 5.74) is -0.118. The zero-order valence-corrected chi connectivity index (χ0v) is 17.8. The number of hydrogen-bond donors (Lipinski definition) is 2. The zero-order valence-electron chi connectivity index (χ0n) is 17.8. The summed E-state index contributed by atoms with van der Waals surface area (Å²) >= 11 is 0. The molecule has 5 rings (SSSR count). The average Bonchev–Trinajstić information content (AvgIpc) is 2.70. The molecule has 5 fully saturated rings. The van der Waals surface area contributed by atoms with E-state index in [2.05, 4.69) is 10.6 Å². The smallest absolute Gasteiger partial charge is 0.226 e. The Hall–Kier alpha value is -1.14. The van der Waals surface area contributed by atoms with Crippen LogP contribution in [-0.4, -0.2) is 51.3 Å². The first-order chi connectivity index (χ1) is 14.1. The summed E-state index contributed by atoms with van der Waals surface area (Å²) in [7, 11) is 0. The van der Waals surface area contributed by atoms with Gasteiger partial charge in [0.25, 0.3) is 0 Å². The molecule has 6 nitrogen and oxygen atoms in total. The van der Waals surface area contributed by atoms with Crippen LogP contribution in [0.1, 0.15) is 64.2 Å². The number of nitrogens with one attached hydrogen (secondary N) is 2. The van der Waals surface area contributed by atoms with Crippen LogP contribution in [0.25, 0.3) is 0 Å². The topological polar surface area (TPSA) is 76.7 Å². The molecule has 0 unspecified atom stereocenters. The summed E-state index contributed by atoms with van der Waals surface area (Å²) < 4.78 is 11.1.